The molecule has 0 bridgehead atoms. The maximum atomic E-state index is 5.21. The van der Waals surface area contributed by atoms with E-state index < -0.39 is 0 Å². The van der Waals surface area contributed by atoms with Gasteiger partial charge in [-0.1, -0.05) is 152 Å². The molecule has 6 aromatic carbocycles. The molecule has 8 aromatic rings. The highest BCUT2D eigenvalue weighted by molar-refractivity contribution is 5.77. The van der Waals surface area contributed by atoms with Gasteiger partial charge in [-0.15, -0.1) is 0 Å². The maximum Gasteiger partial charge on any atom is 0.164 e. The largest absolute Gasteiger partial charge is 0.228 e. The summed E-state index contributed by atoms with van der Waals surface area (Å²) in [5.74, 6) is 7.30. The third-order valence-electron chi connectivity index (χ3n) is 12.3. The van der Waals surface area contributed by atoms with E-state index >= 15 is 0 Å². The molecule has 2 atom stereocenters. The van der Waals surface area contributed by atoms with Crippen molar-refractivity contribution < 1.29 is 0 Å². The summed E-state index contributed by atoms with van der Waals surface area (Å²) in [5, 5.41) is 0. The Labute approximate surface area is 320 Å². The second-order valence-corrected chi connectivity index (χ2v) is 15.3. The zero-order valence-corrected chi connectivity index (χ0v) is 30.2. The van der Waals surface area contributed by atoms with Crippen LogP contribution in [-0.2, 0) is 0 Å². The topological polar surface area (TPSA) is 64.5 Å². The third-order valence-corrected chi connectivity index (χ3v) is 12.3. The summed E-state index contributed by atoms with van der Waals surface area (Å²) >= 11 is 0. The van der Waals surface area contributed by atoms with Crippen LogP contribution >= 0.6 is 0 Å². The molecule has 0 aliphatic heterocycles. The Bertz CT molecular complexity index is 2610. The Morgan fingerprint density at radius 1 is 0.327 bits per heavy atom. The van der Waals surface area contributed by atoms with Gasteiger partial charge in [-0.3, -0.25) is 0 Å². The van der Waals surface area contributed by atoms with E-state index in [-0.39, 0.29) is 0 Å². The minimum Gasteiger partial charge on any atom is -0.228 e. The van der Waals surface area contributed by atoms with Crippen LogP contribution in [0.15, 0.2) is 170 Å². The molecule has 3 aliphatic rings. The van der Waals surface area contributed by atoms with Crippen LogP contribution in [0.25, 0.3) is 79.2 Å². The van der Waals surface area contributed by atoms with Gasteiger partial charge in [0.1, 0.15) is 0 Å². The standard InChI is InChI=1S/C50H37N5/c1-4-12-31(13-5-1)43-30-44(32-22-24-33(25-23-32)45-41-28-40-29-42(45)46(40)41)52-49(51-43)38-20-10-18-36(26-38)37-19-11-21-39(27-37)50-54-47(34-14-6-2-7-15-34)53-48(55-50)35-16-8-3-9-17-35/h1-27,30,40-42,45-46H,28-29H2. The Morgan fingerprint density at radius 3 is 1.20 bits per heavy atom. The second kappa shape index (κ2) is 13.1. The molecule has 2 aromatic heterocycles. The fourth-order valence-electron chi connectivity index (χ4n) is 9.46. The lowest BCUT2D eigenvalue weighted by Gasteiger charge is -2.73. The predicted octanol–water partition coefficient (Wildman–Crippen LogP) is 11.7. The zero-order valence-electron chi connectivity index (χ0n) is 30.2. The van der Waals surface area contributed by atoms with E-state index in [0.29, 0.717) is 23.3 Å². The van der Waals surface area contributed by atoms with Crippen LogP contribution in [0.2, 0.25) is 0 Å². The van der Waals surface area contributed by atoms with E-state index in [1.165, 1.54) is 18.4 Å². The molecule has 3 aliphatic carbocycles. The Hall–Kier alpha value is -6.59. The van der Waals surface area contributed by atoms with Crippen LogP contribution in [0.5, 0.6) is 0 Å². The van der Waals surface area contributed by atoms with Gasteiger partial charge in [0.25, 0.3) is 0 Å². The summed E-state index contributed by atoms with van der Waals surface area (Å²) < 4.78 is 0. The van der Waals surface area contributed by atoms with Gasteiger partial charge in [-0.2, -0.15) is 0 Å². The molecule has 11 rings (SSSR count). The van der Waals surface area contributed by atoms with Gasteiger partial charge in [-0.25, -0.2) is 24.9 Å². The molecule has 262 valence electrons. The number of benzene rings is 6. The average Bonchev–Trinajstić information content (AvgIpc) is 3.27. The summed E-state index contributed by atoms with van der Waals surface area (Å²) in [5.41, 5.74) is 11.4. The molecular formula is C50H37N5. The van der Waals surface area contributed by atoms with Crippen LogP contribution in [0.3, 0.4) is 0 Å². The molecule has 0 amide bonds. The number of nitrogens with zero attached hydrogens (tertiary/aromatic N) is 5. The molecule has 0 saturated heterocycles. The SMILES string of the molecule is c1ccc(-c2cc(-c3ccc(C4C5CC6CC4C65)cc3)nc(-c3cccc(-c4cccc(-c5nc(-c6ccccc6)nc(-c6ccccc6)n5)c4)c3)n2)cc1. The molecule has 3 saturated carbocycles. The predicted molar refractivity (Wildman–Crippen MR) is 219 cm³/mol. The molecule has 2 unspecified atom stereocenters. The molecule has 0 N–H and O–H groups in total. The highest BCUT2D eigenvalue weighted by Gasteiger charge is 2.67. The van der Waals surface area contributed by atoms with Gasteiger partial charge in [0, 0.05) is 33.4 Å². The van der Waals surface area contributed by atoms with E-state index in [1.54, 1.807) is 0 Å². The summed E-state index contributed by atoms with van der Waals surface area (Å²) in [4.78, 5) is 25.2. The normalized spacial score (nSPS) is 20.4. The molecule has 2 heterocycles. The number of hydrogen-bond acceptors (Lipinski definition) is 5. The molecular weight excluding hydrogens is 671 g/mol. The van der Waals surface area contributed by atoms with Crippen molar-refractivity contribution in [2.45, 2.75) is 18.8 Å². The van der Waals surface area contributed by atoms with Gasteiger partial charge in [0.15, 0.2) is 23.3 Å². The average molecular weight is 708 g/mol. The lowest BCUT2D eigenvalue weighted by atomic mass is 9.31. The highest BCUT2D eigenvalue weighted by Crippen LogP contribution is 2.75. The van der Waals surface area contributed by atoms with Gasteiger partial charge < -0.3 is 0 Å². The molecule has 3 fully saturated rings. The van der Waals surface area contributed by atoms with Gasteiger partial charge >= 0.3 is 0 Å². The Morgan fingerprint density at radius 2 is 0.727 bits per heavy atom. The molecule has 5 heteroatoms. The van der Waals surface area contributed by atoms with Gasteiger partial charge in [0.05, 0.1) is 11.4 Å². The number of rotatable bonds is 8. The van der Waals surface area contributed by atoms with Gasteiger partial charge in [0.2, 0.25) is 0 Å². The monoisotopic (exact) mass is 707 g/mol. The van der Waals surface area contributed by atoms with Crippen molar-refractivity contribution in [1.29, 1.82) is 0 Å². The van der Waals surface area contributed by atoms with Crippen LogP contribution in [0.1, 0.15) is 24.3 Å². The van der Waals surface area contributed by atoms with Crippen molar-refractivity contribution in [3.63, 3.8) is 0 Å². The van der Waals surface area contributed by atoms with E-state index in [9.17, 15) is 0 Å². The first-order chi connectivity index (χ1) is 27.2. The van der Waals surface area contributed by atoms with Crippen molar-refractivity contribution in [2.24, 2.45) is 23.7 Å². The third kappa shape index (κ3) is 5.66. The van der Waals surface area contributed by atoms with Crippen LogP contribution in [0, 0.1) is 23.7 Å². The molecule has 5 nitrogen and oxygen atoms in total. The molecule has 0 spiro atoms. The van der Waals surface area contributed by atoms with Crippen LogP contribution in [-0.4, -0.2) is 24.9 Å². The second-order valence-electron chi connectivity index (χ2n) is 15.3. The van der Waals surface area contributed by atoms with Crippen molar-refractivity contribution in [1.82, 2.24) is 24.9 Å². The fourth-order valence-corrected chi connectivity index (χ4v) is 9.46. The number of hydrogen-bond donors (Lipinski definition) is 0. The summed E-state index contributed by atoms with van der Waals surface area (Å²) in [6.07, 6.45) is 2.88. The van der Waals surface area contributed by atoms with Gasteiger partial charge in [-0.05, 0) is 77.3 Å². The van der Waals surface area contributed by atoms with Crippen molar-refractivity contribution in [2.75, 3.05) is 0 Å². The lowest BCUT2D eigenvalue weighted by molar-refractivity contribution is -0.214. The van der Waals surface area contributed by atoms with Crippen molar-refractivity contribution in [3.8, 4) is 79.2 Å². The zero-order chi connectivity index (χ0) is 36.3. The Balaban J connectivity index is 0.955. The van der Waals surface area contributed by atoms with E-state index in [2.05, 4.69) is 103 Å². The van der Waals surface area contributed by atoms with Crippen LogP contribution < -0.4 is 0 Å². The van der Waals surface area contributed by atoms with E-state index in [4.69, 9.17) is 24.9 Å². The van der Waals surface area contributed by atoms with Crippen molar-refractivity contribution in [3.05, 3.63) is 175 Å². The Kier molecular flexibility index (Phi) is 7.58. The summed E-state index contributed by atoms with van der Waals surface area (Å²) in [6, 6.07) is 58.9. The highest BCUT2D eigenvalue weighted by atomic mass is 15.0. The number of aromatic nitrogens is 5. The molecule has 0 radical (unpaired) electrons. The first kappa shape index (κ1) is 31.9. The molecule has 55 heavy (non-hydrogen) atoms. The summed E-state index contributed by atoms with van der Waals surface area (Å²) in [6.45, 7) is 0. The quantitative estimate of drug-likeness (QED) is 0.157. The van der Waals surface area contributed by atoms with E-state index in [0.717, 1.165) is 85.5 Å². The maximum absolute atomic E-state index is 5.21. The minimum absolute atomic E-state index is 0.627. The first-order valence-corrected chi connectivity index (χ1v) is 19.3. The minimum atomic E-state index is 0.627. The fraction of sp³-hybridized carbons (Fsp3) is 0.140. The smallest absolute Gasteiger partial charge is 0.164 e. The van der Waals surface area contributed by atoms with Crippen LogP contribution in [0.4, 0.5) is 0 Å². The lowest BCUT2D eigenvalue weighted by Crippen LogP contribution is -2.65. The summed E-state index contributed by atoms with van der Waals surface area (Å²) in [7, 11) is 0. The van der Waals surface area contributed by atoms with E-state index in [1.807, 2.05) is 66.7 Å². The van der Waals surface area contributed by atoms with Crippen molar-refractivity contribution >= 4 is 0 Å². The first-order valence-electron chi connectivity index (χ1n) is 19.3.